The largest absolute Gasteiger partial charge is 0.350 e. The van der Waals surface area contributed by atoms with Crippen LogP contribution in [0.15, 0.2) is 24.4 Å². The van der Waals surface area contributed by atoms with Gasteiger partial charge < -0.3 is 14.8 Å². The number of carbonyl (C=O) groups is 1. The second kappa shape index (κ2) is 5.89. The summed E-state index contributed by atoms with van der Waals surface area (Å²) >= 11 is 0. The highest BCUT2D eigenvalue weighted by atomic mass is 16.7. The van der Waals surface area contributed by atoms with E-state index in [0.29, 0.717) is 19.8 Å². The van der Waals surface area contributed by atoms with E-state index >= 15 is 0 Å². The van der Waals surface area contributed by atoms with E-state index in [4.69, 9.17) is 9.47 Å². The van der Waals surface area contributed by atoms with E-state index in [-0.39, 0.29) is 11.8 Å². The van der Waals surface area contributed by atoms with E-state index in [1.54, 1.807) is 6.20 Å². The molecule has 0 radical (unpaired) electrons. The summed E-state index contributed by atoms with van der Waals surface area (Å²) in [7, 11) is 0. The summed E-state index contributed by atoms with van der Waals surface area (Å²) in [5.74, 6) is -0.210. The second-order valence-corrected chi connectivity index (χ2v) is 5.42. The van der Waals surface area contributed by atoms with Crippen molar-refractivity contribution in [2.75, 3.05) is 13.2 Å². The van der Waals surface area contributed by atoms with Crippen molar-refractivity contribution < 1.29 is 14.3 Å². The van der Waals surface area contributed by atoms with Crippen LogP contribution in [-0.2, 0) is 20.8 Å². The molecule has 5 nitrogen and oxygen atoms in total. The van der Waals surface area contributed by atoms with Gasteiger partial charge in [-0.05, 0) is 25.0 Å². The van der Waals surface area contributed by atoms with Gasteiger partial charge in [-0.3, -0.25) is 9.78 Å². The average molecular weight is 276 g/mol. The van der Waals surface area contributed by atoms with Crippen LogP contribution < -0.4 is 5.32 Å². The molecule has 1 aliphatic heterocycles. The number of amides is 1. The van der Waals surface area contributed by atoms with E-state index in [1.807, 2.05) is 18.2 Å². The van der Waals surface area contributed by atoms with Crippen molar-refractivity contribution in [3.05, 3.63) is 30.1 Å². The van der Waals surface area contributed by atoms with Crippen LogP contribution in [0.3, 0.4) is 0 Å². The van der Waals surface area contributed by atoms with E-state index in [2.05, 4.69) is 10.3 Å². The summed E-state index contributed by atoms with van der Waals surface area (Å²) in [5.41, 5.74) is 0.885. The molecule has 2 fully saturated rings. The van der Waals surface area contributed by atoms with Gasteiger partial charge in [-0.15, -0.1) is 0 Å². The fourth-order valence-electron chi connectivity index (χ4n) is 2.93. The van der Waals surface area contributed by atoms with Crippen LogP contribution in [0.25, 0.3) is 0 Å². The molecule has 2 aliphatic rings. The molecule has 1 aliphatic carbocycles. The van der Waals surface area contributed by atoms with Gasteiger partial charge >= 0.3 is 0 Å². The molecule has 108 valence electrons. The maximum absolute atomic E-state index is 12.2. The lowest BCUT2D eigenvalue weighted by Gasteiger charge is -2.34. The van der Waals surface area contributed by atoms with Gasteiger partial charge in [0.1, 0.15) is 0 Å². The summed E-state index contributed by atoms with van der Waals surface area (Å²) in [6, 6.07) is 5.71. The standard InChI is InChI=1S/C15H20N2O3/c18-14(17-11-13-3-1-2-8-16-13)12-4-6-15(7-5-12)19-9-10-20-15/h1-3,8,12H,4-7,9-11H2,(H,17,18). The highest BCUT2D eigenvalue weighted by Gasteiger charge is 2.41. The molecule has 3 rings (SSSR count). The van der Waals surface area contributed by atoms with Crippen LogP contribution in [0.2, 0.25) is 0 Å². The first-order valence-corrected chi connectivity index (χ1v) is 7.23. The van der Waals surface area contributed by atoms with Gasteiger partial charge in [-0.2, -0.15) is 0 Å². The minimum absolute atomic E-state index is 0.0668. The van der Waals surface area contributed by atoms with Gasteiger partial charge in [0.05, 0.1) is 25.5 Å². The summed E-state index contributed by atoms with van der Waals surface area (Å²) < 4.78 is 11.3. The first kappa shape index (κ1) is 13.5. The van der Waals surface area contributed by atoms with Crippen molar-refractivity contribution in [3.8, 4) is 0 Å². The van der Waals surface area contributed by atoms with E-state index in [1.165, 1.54) is 0 Å². The Morgan fingerprint density at radius 2 is 2.05 bits per heavy atom. The lowest BCUT2D eigenvalue weighted by Crippen LogP contribution is -2.40. The van der Waals surface area contributed by atoms with Crippen LogP contribution in [-0.4, -0.2) is 29.9 Å². The first-order valence-electron chi connectivity index (χ1n) is 7.23. The number of hydrogen-bond donors (Lipinski definition) is 1. The van der Waals surface area contributed by atoms with Gasteiger partial charge in [0.25, 0.3) is 0 Å². The average Bonchev–Trinajstić information content (AvgIpc) is 2.95. The van der Waals surface area contributed by atoms with Crippen LogP contribution >= 0.6 is 0 Å². The molecule has 1 spiro atoms. The number of aromatic nitrogens is 1. The van der Waals surface area contributed by atoms with Gasteiger partial charge in [0.15, 0.2) is 5.79 Å². The van der Waals surface area contributed by atoms with Crippen molar-refractivity contribution >= 4 is 5.91 Å². The zero-order valence-electron chi connectivity index (χ0n) is 11.5. The normalized spacial score (nSPS) is 22.0. The molecule has 1 N–H and O–H groups in total. The number of rotatable bonds is 3. The Morgan fingerprint density at radius 1 is 1.30 bits per heavy atom. The fraction of sp³-hybridized carbons (Fsp3) is 0.600. The zero-order chi connectivity index (χ0) is 13.8. The molecule has 5 heteroatoms. The minimum atomic E-state index is -0.391. The van der Waals surface area contributed by atoms with Gasteiger partial charge in [0, 0.05) is 25.0 Å². The molecule has 0 unspecified atom stereocenters. The first-order chi connectivity index (χ1) is 9.77. The zero-order valence-corrected chi connectivity index (χ0v) is 11.5. The van der Waals surface area contributed by atoms with E-state index < -0.39 is 5.79 Å². The smallest absolute Gasteiger partial charge is 0.223 e. The Hall–Kier alpha value is -1.46. The number of carbonyl (C=O) groups excluding carboxylic acids is 1. The van der Waals surface area contributed by atoms with E-state index in [9.17, 15) is 4.79 Å². The molecule has 1 amide bonds. The molecule has 20 heavy (non-hydrogen) atoms. The molecule has 0 aromatic carbocycles. The molecule has 2 heterocycles. The topological polar surface area (TPSA) is 60.5 Å². The van der Waals surface area contributed by atoms with Crippen LogP contribution in [0.5, 0.6) is 0 Å². The molecule has 1 aromatic rings. The van der Waals surface area contributed by atoms with Crippen molar-refractivity contribution in [2.45, 2.75) is 38.0 Å². The van der Waals surface area contributed by atoms with Crippen molar-refractivity contribution in [1.82, 2.24) is 10.3 Å². The Morgan fingerprint density at radius 3 is 2.70 bits per heavy atom. The maximum Gasteiger partial charge on any atom is 0.223 e. The molecule has 1 saturated heterocycles. The van der Waals surface area contributed by atoms with Gasteiger partial charge in [0.2, 0.25) is 5.91 Å². The van der Waals surface area contributed by atoms with Crippen molar-refractivity contribution in [2.24, 2.45) is 5.92 Å². The number of nitrogens with one attached hydrogen (secondary N) is 1. The lowest BCUT2D eigenvalue weighted by molar-refractivity contribution is -0.183. The molecule has 1 aromatic heterocycles. The Labute approximate surface area is 118 Å². The molecular weight excluding hydrogens is 256 g/mol. The van der Waals surface area contributed by atoms with Crippen LogP contribution in [0.1, 0.15) is 31.4 Å². The summed E-state index contributed by atoms with van der Waals surface area (Å²) in [6.45, 7) is 1.85. The third-order valence-corrected chi connectivity index (χ3v) is 4.10. The second-order valence-electron chi connectivity index (χ2n) is 5.42. The van der Waals surface area contributed by atoms with Crippen LogP contribution in [0, 0.1) is 5.92 Å². The quantitative estimate of drug-likeness (QED) is 0.911. The Balaban J connectivity index is 1.47. The predicted molar refractivity (Wildman–Crippen MR) is 72.7 cm³/mol. The summed E-state index contributed by atoms with van der Waals surface area (Å²) in [6.07, 6.45) is 5.02. The van der Waals surface area contributed by atoms with Gasteiger partial charge in [-0.25, -0.2) is 0 Å². The highest BCUT2D eigenvalue weighted by Crippen LogP contribution is 2.38. The maximum atomic E-state index is 12.2. The Kier molecular flexibility index (Phi) is 3.98. The molecule has 1 saturated carbocycles. The fourth-order valence-corrected chi connectivity index (χ4v) is 2.93. The monoisotopic (exact) mass is 276 g/mol. The molecule has 0 atom stereocenters. The SMILES string of the molecule is O=C(NCc1ccccn1)C1CCC2(CC1)OCCO2. The van der Waals surface area contributed by atoms with Gasteiger partial charge in [-0.1, -0.05) is 6.07 Å². The Bertz CT molecular complexity index is 447. The summed E-state index contributed by atoms with van der Waals surface area (Å²) in [5, 5.41) is 2.96. The van der Waals surface area contributed by atoms with Crippen molar-refractivity contribution in [1.29, 1.82) is 0 Å². The highest BCUT2D eigenvalue weighted by molar-refractivity contribution is 5.78. The number of hydrogen-bond acceptors (Lipinski definition) is 4. The van der Waals surface area contributed by atoms with Crippen molar-refractivity contribution in [3.63, 3.8) is 0 Å². The number of nitrogens with zero attached hydrogens (tertiary/aromatic N) is 1. The third kappa shape index (κ3) is 2.99. The lowest BCUT2D eigenvalue weighted by atomic mass is 9.84. The summed E-state index contributed by atoms with van der Waals surface area (Å²) in [4.78, 5) is 16.4. The molecular formula is C15H20N2O3. The van der Waals surface area contributed by atoms with Crippen LogP contribution in [0.4, 0.5) is 0 Å². The minimum Gasteiger partial charge on any atom is -0.350 e. The van der Waals surface area contributed by atoms with E-state index in [0.717, 1.165) is 31.4 Å². The third-order valence-electron chi connectivity index (χ3n) is 4.10. The number of pyridine rings is 1. The molecule has 0 bridgehead atoms. The predicted octanol–water partition coefficient (Wildman–Crippen LogP) is 1.63. The number of ether oxygens (including phenoxy) is 2.